The zero-order valence-electron chi connectivity index (χ0n) is 12.8. The van der Waals surface area contributed by atoms with E-state index in [2.05, 4.69) is 21.2 Å². The number of amides is 2. The van der Waals surface area contributed by atoms with Crippen molar-refractivity contribution < 1.29 is 19.1 Å². The Bertz CT molecular complexity index is 757. The molecule has 124 valence electrons. The van der Waals surface area contributed by atoms with Crippen molar-refractivity contribution in [3.63, 3.8) is 0 Å². The Hall–Kier alpha value is -2.67. The first kappa shape index (κ1) is 17.7. The largest absolute Gasteiger partial charge is 0.449 e. The molecule has 2 aromatic carbocycles. The number of nitrogens with one attached hydrogen (secondary N) is 1. The highest BCUT2D eigenvalue weighted by Crippen LogP contribution is 2.13. The van der Waals surface area contributed by atoms with Crippen LogP contribution in [0.1, 0.15) is 27.6 Å². The molecule has 2 rings (SSSR count). The van der Waals surface area contributed by atoms with Crippen molar-refractivity contribution in [3.05, 3.63) is 64.1 Å². The zero-order chi connectivity index (χ0) is 17.7. The van der Waals surface area contributed by atoms with Crippen molar-refractivity contribution in [2.24, 2.45) is 5.73 Å². The molecule has 0 heterocycles. The number of ether oxygens (including phenoxy) is 1. The van der Waals surface area contributed by atoms with Gasteiger partial charge in [0, 0.05) is 15.7 Å². The second-order valence-electron chi connectivity index (χ2n) is 4.99. The van der Waals surface area contributed by atoms with Gasteiger partial charge in [0.25, 0.3) is 5.91 Å². The number of halogens is 1. The number of hydrogen-bond donors (Lipinski definition) is 2. The van der Waals surface area contributed by atoms with Gasteiger partial charge in [-0.25, -0.2) is 4.79 Å². The first-order valence-corrected chi connectivity index (χ1v) is 7.83. The molecule has 2 amide bonds. The van der Waals surface area contributed by atoms with Gasteiger partial charge < -0.3 is 15.8 Å². The molecule has 24 heavy (non-hydrogen) atoms. The van der Waals surface area contributed by atoms with Crippen molar-refractivity contribution in [1.29, 1.82) is 0 Å². The summed E-state index contributed by atoms with van der Waals surface area (Å²) in [7, 11) is 0. The summed E-state index contributed by atoms with van der Waals surface area (Å²) in [5.41, 5.74) is 6.30. The minimum Gasteiger partial charge on any atom is -0.449 e. The second-order valence-corrected chi connectivity index (χ2v) is 5.90. The maximum atomic E-state index is 12.1. The summed E-state index contributed by atoms with van der Waals surface area (Å²) in [5, 5.41) is 2.60. The zero-order valence-corrected chi connectivity index (χ0v) is 14.4. The summed E-state index contributed by atoms with van der Waals surface area (Å²) in [6, 6.07) is 12.7. The first-order valence-electron chi connectivity index (χ1n) is 7.04. The third-order valence-electron chi connectivity index (χ3n) is 3.17. The summed E-state index contributed by atoms with van der Waals surface area (Å²) in [4.78, 5) is 35.0. The highest BCUT2D eigenvalue weighted by molar-refractivity contribution is 9.10. The molecule has 0 saturated heterocycles. The molecule has 3 N–H and O–H groups in total. The van der Waals surface area contributed by atoms with Crippen LogP contribution >= 0.6 is 15.9 Å². The smallest absolute Gasteiger partial charge is 0.338 e. The Kier molecular flexibility index (Phi) is 5.70. The van der Waals surface area contributed by atoms with Gasteiger partial charge in [-0.05, 0) is 55.5 Å². The third kappa shape index (κ3) is 4.66. The van der Waals surface area contributed by atoms with Gasteiger partial charge in [-0.15, -0.1) is 0 Å². The van der Waals surface area contributed by atoms with Crippen LogP contribution in [-0.4, -0.2) is 23.9 Å². The van der Waals surface area contributed by atoms with Crippen molar-refractivity contribution in [2.45, 2.75) is 13.0 Å². The molecule has 0 aliphatic rings. The van der Waals surface area contributed by atoms with Crippen molar-refractivity contribution in [2.75, 3.05) is 5.32 Å². The monoisotopic (exact) mass is 390 g/mol. The van der Waals surface area contributed by atoms with Crippen LogP contribution in [0.2, 0.25) is 0 Å². The van der Waals surface area contributed by atoms with Gasteiger partial charge in [0.1, 0.15) is 0 Å². The molecular weight excluding hydrogens is 376 g/mol. The minimum absolute atomic E-state index is 0.336. The summed E-state index contributed by atoms with van der Waals surface area (Å²) >= 11 is 3.27. The predicted octanol–water partition coefficient (Wildman–Crippen LogP) is 2.73. The van der Waals surface area contributed by atoms with Gasteiger partial charge in [0.2, 0.25) is 5.91 Å². The SMILES string of the molecule is C[C@H](OC(=O)c1ccc(Br)cc1)C(=O)Nc1ccc(C(N)=O)cc1. The molecule has 0 unspecified atom stereocenters. The number of benzene rings is 2. The van der Waals surface area contributed by atoms with E-state index in [9.17, 15) is 14.4 Å². The molecule has 0 aromatic heterocycles. The van der Waals surface area contributed by atoms with E-state index >= 15 is 0 Å². The molecule has 6 nitrogen and oxygen atoms in total. The average molecular weight is 391 g/mol. The standard InChI is InChI=1S/C17H15BrN2O4/c1-10(24-17(23)12-2-6-13(18)7-3-12)16(22)20-14-8-4-11(5-9-14)15(19)21/h2-10H,1H3,(H2,19,21)(H,20,22)/t10-/m0/s1. The number of hydrogen-bond acceptors (Lipinski definition) is 4. The van der Waals surface area contributed by atoms with Crippen molar-refractivity contribution in [3.8, 4) is 0 Å². The molecule has 1 atom stereocenters. The van der Waals surface area contributed by atoms with Crippen LogP contribution in [0.25, 0.3) is 0 Å². The molecular formula is C17H15BrN2O4. The molecule has 2 aromatic rings. The van der Waals surface area contributed by atoms with Crippen molar-refractivity contribution in [1.82, 2.24) is 0 Å². The lowest BCUT2D eigenvalue weighted by atomic mass is 10.2. The van der Waals surface area contributed by atoms with Gasteiger partial charge in [-0.3, -0.25) is 9.59 Å². The Morgan fingerprint density at radius 2 is 1.54 bits per heavy atom. The fourth-order valence-electron chi connectivity index (χ4n) is 1.83. The quantitative estimate of drug-likeness (QED) is 0.766. The van der Waals surface area contributed by atoms with Gasteiger partial charge >= 0.3 is 5.97 Å². The van der Waals surface area contributed by atoms with Gasteiger partial charge in [-0.1, -0.05) is 15.9 Å². The highest BCUT2D eigenvalue weighted by atomic mass is 79.9. The number of nitrogens with two attached hydrogens (primary N) is 1. The van der Waals surface area contributed by atoms with Gasteiger partial charge in [0.05, 0.1) is 5.56 Å². The minimum atomic E-state index is -0.975. The van der Waals surface area contributed by atoms with Crippen LogP contribution in [0.15, 0.2) is 53.0 Å². The Morgan fingerprint density at radius 3 is 2.08 bits per heavy atom. The van der Waals surface area contributed by atoms with E-state index in [0.29, 0.717) is 16.8 Å². The molecule has 7 heteroatoms. The molecule has 0 radical (unpaired) electrons. The topological polar surface area (TPSA) is 98.5 Å². The van der Waals surface area contributed by atoms with E-state index in [1.165, 1.54) is 19.1 Å². The first-order chi connectivity index (χ1) is 11.4. The van der Waals surface area contributed by atoms with Crippen LogP contribution in [0, 0.1) is 0 Å². The van der Waals surface area contributed by atoms with E-state index in [1.54, 1.807) is 36.4 Å². The number of primary amides is 1. The van der Waals surface area contributed by atoms with Crippen LogP contribution in [0.4, 0.5) is 5.69 Å². The molecule has 0 spiro atoms. The third-order valence-corrected chi connectivity index (χ3v) is 3.70. The number of carbonyl (C=O) groups is 3. The van der Waals surface area contributed by atoms with Crippen LogP contribution in [-0.2, 0) is 9.53 Å². The Morgan fingerprint density at radius 1 is 1.00 bits per heavy atom. The molecule has 0 aliphatic heterocycles. The van der Waals surface area contributed by atoms with Crippen LogP contribution in [0.5, 0.6) is 0 Å². The molecule has 0 saturated carbocycles. The normalized spacial score (nSPS) is 11.4. The predicted molar refractivity (Wildman–Crippen MR) is 92.6 cm³/mol. The van der Waals surface area contributed by atoms with E-state index < -0.39 is 23.9 Å². The van der Waals surface area contributed by atoms with E-state index in [0.717, 1.165) is 4.47 Å². The van der Waals surface area contributed by atoms with Crippen molar-refractivity contribution >= 4 is 39.4 Å². The van der Waals surface area contributed by atoms with E-state index in [-0.39, 0.29) is 0 Å². The summed E-state index contributed by atoms with van der Waals surface area (Å²) in [6.07, 6.45) is -0.975. The van der Waals surface area contributed by atoms with Crippen LogP contribution in [0.3, 0.4) is 0 Å². The lowest BCUT2D eigenvalue weighted by molar-refractivity contribution is -0.123. The maximum absolute atomic E-state index is 12.1. The number of esters is 1. The second kappa shape index (κ2) is 7.74. The Labute approximate surface area is 147 Å². The van der Waals surface area contributed by atoms with Crippen LogP contribution < -0.4 is 11.1 Å². The van der Waals surface area contributed by atoms with E-state index in [4.69, 9.17) is 10.5 Å². The highest BCUT2D eigenvalue weighted by Gasteiger charge is 2.19. The van der Waals surface area contributed by atoms with Gasteiger partial charge in [-0.2, -0.15) is 0 Å². The Balaban J connectivity index is 1.95. The number of anilines is 1. The maximum Gasteiger partial charge on any atom is 0.338 e. The average Bonchev–Trinajstić information content (AvgIpc) is 2.55. The fourth-order valence-corrected chi connectivity index (χ4v) is 2.09. The van der Waals surface area contributed by atoms with E-state index in [1.807, 2.05) is 0 Å². The summed E-state index contributed by atoms with van der Waals surface area (Å²) in [6.45, 7) is 1.48. The molecule has 0 bridgehead atoms. The lowest BCUT2D eigenvalue weighted by Gasteiger charge is -2.13. The fraction of sp³-hybridized carbons (Fsp3) is 0.118. The number of rotatable bonds is 5. The lowest BCUT2D eigenvalue weighted by Crippen LogP contribution is -2.30. The van der Waals surface area contributed by atoms with Gasteiger partial charge in [0.15, 0.2) is 6.10 Å². The summed E-state index contributed by atoms with van der Waals surface area (Å²) < 4.78 is 5.97. The molecule has 0 fully saturated rings. The molecule has 0 aliphatic carbocycles. The number of carbonyl (C=O) groups excluding carboxylic acids is 3. The summed E-state index contributed by atoms with van der Waals surface area (Å²) in [5.74, 6) is -1.62.